The maximum absolute atomic E-state index is 13.1. The van der Waals surface area contributed by atoms with Crippen LogP contribution < -0.4 is 18.9 Å². The summed E-state index contributed by atoms with van der Waals surface area (Å²) in [5.41, 5.74) is 0. The average Bonchev–Trinajstić information content (AvgIpc) is 2.86. The van der Waals surface area contributed by atoms with Gasteiger partial charge >= 0.3 is 0 Å². The van der Waals surface area contributed by atoms with E-state index in [1.165, 1.54) is 38.7 Å². The molecular weight excluding hydrogens is 446 g/mol. The van der Waals surface area contributed by atoms with Crippen LogP contribution in [0.15, 0.2) is 78.0 Å². The van der Waals surface area contributed by atoms with Crippen LogP contribution >= 0.6 is 0 Å². The molecule has 0 aliphatic carbocycles. The molecule has 0 aliphatic rings. The van der Waals surface area contributed by atoms with E-state index in [1.54, 1.807) is 48.5 Å². The Hall–Kier alpha value is -4.25. The highest BCUT2D eigenvalue weighted by Crippen LogP contribution is 2.41. The number of hydrogen-bond donors (Lipinski definition) is 1. The smallest absolute Gasteiger partial charge is 0.263 e. The van der Waals surface area contributed by atoms with E-state index in [0.29, 0.717) is 11.5 Å². The van der Waals surface area contributed by atoms with Crippen molar-refractivity contribution in [3.8, 4) is 34.8 Å². The van der Waals surface area contributed by atoms with E-state index in [9.17, 15) is 8.42 Å². The number of methoxy groups -OCH3 is 2. The predicted molar refractivity (Wildman–Crippen MR) is 120 cm³/mol. The number of sulfonamides is 1. The number of aromatic nitrogens is 4. The monoisotopic (exact) mass is 465 g/mol. The van der Waals surface area contributed by atoms with E-state index >= 15 is 0 Å². The SMILES string of the molecule is COc1ccccc1Oc1c(NS(=O)(=O)c2ccccc2)nc(-c2ncccn2)nc1OC. The fraction of sp³-hybridized carbons (Fsp3) is 0.0909. The normalized spacial score (nSPS) is 11.0. The van der Waals surface area contributed by atoms with Crippen molar-refractivity contribution in [2.24, 2.45) is 0 Å². The zero-order chi connectivity index (χ0) is 23.3. The molecule has 0 fully saturated rings. The summed E-state index contributed by atoms with van der Waals surface area (Å²) in [7, 11) is -1.15. The van der Waals surface area contributed by atoms with Crippen molar-refractivity contribution in [2.45, 2.75) is 4.90 Å². The highest BCUT2D eigenvalue weighted by Gasteiger charge is 2.25. The number of ether oxygens (including phenoxy) is 3. The number of para-hydroxylation sites is 2. The van der Waals surface area contributed by atoms with Gasteiger partial charge in [-0.2, -0.15) is 4.98 Å². The van der Waals surface area contributed by atoms with Crippen molar-refractivity contribution in [2.75, 3.05) is 18.9 Å². The Labute approximate surface area is 190 Å². The molecule has 1 N–H and O–H groups in total. The molecule has 0 saturated heterocycles. The van der Waals surface area contributed by atoms with Crippen LogP contribution in [0, 0.1) is 0 Å². The second-order valence-electron chi connectivity index (χ2n) is 6.48. The highest BCUT2D eigenvalue weighted by atomic mass is 32.2. The van der Waals surface area contributed by atoms with E-state index in [-0.39, 0.29) is 34.0 Å². The summed E-state index contributed by atoms with van der Waals surface area (Å²) < 4.78 is 45.3. The molecule has 168 valence electrons. The van der Waals surface area contributed by atoms with Crippen molar-refractivity contribution in [3.05, 3.63) is 73.1 Å². The Morgan fingerprint density at radius 3 is 2.09 bits per heavy atom. The van der Waals surface area contributed by atoms with Crippen molar-refractivity contribution >= 4 is 15.8 Å². The van der Waals surface area contributed by atoms with Crippen molar-refractivity contribution in [1.29, 1.82) is 0 Å². The maximum Gasteiger partial charge on any atom is 0.263 e. The van der Waals surface area contributed by atoms with Gasteiger partial charge in [-0.1, -0.05) is 30.3 Å². The first-order valence-corrected chi connectivity index (χ1v) is 11.1. The Bertz CT molecular complexity index is 1350. The molecule has 2 heterocycles. The Kier molecular flexibility index (Phi) is 6.31. The Balaban J connectivity index is 1.87. The minimum absolute atomic E-state index is 0.0240. The van der Waals surface area contributed by atoms with Crippen molar-refractivity contribution < 1.29 is 22.6 Å². The van der Waals surface area contributed by atoms with Crippen LogP contribution in [-0.2, 0) is 10.0 Å². The molecule has 0 saturated carbocycles. The lowest BCUT2D eigenvalue weighted by Crippen LogP contribution is -2.16. The fourth-order valence-corrected chi connectivity index (χ4v) is 3.87. The summed E-state index contributed by atoms with van der Waals surface area (Å²) in [4.78, 5) is 17.0. The fourth-order valence-electron chi connectivity index (χ4n) is 2.84. The van der Waals surface area contributed by atoms with Crippen LogP contribution in [0.3, 0.4) is 0 Å². The average molecular weight is 465 g/mol. The molecule has 0 radical (unpaired) electrons. The summed E-state index contributed by atoms with van der Waals surface area (Å²) in [6.45, 7) is 0. The number of nitrogens with zero attached hydrogens (tertiary/aromatic N) is 4. The Morgan fingerprint density at radius 1 is 0.758 bits per heavy atom. The van der Waals surface area contributed by atoms with Gasteiger partial charge in [0.05, 0.1) is 19.1 Å². The summed E-state index contributed by atoms with van der Waals surface area (Å²) in [6, 6.07) is 16.4. The molecular formula is C22H19N5O5S. The van der Waals surface area contributed by atoms with E-state index in [0.717, 1.165) is 0 Å². The van der Waals surface area contributed by atoms with Gasteiger partial charge in [-0.05, 0) is 30.3 Å². The lowest BCUT2D eigenvalue weighted by molar-refractivity contribution is 0.348. The largest absolute Gasteiger partial charge is 0.493 e. The quantitative estimate of drug-likeness (QED) is 0.416. The van der Waals surface area contributed by atoms with E-state index in [4.69, 9.17) is 14.2 Å². The van der Waals surface area contributed by atoms with Crippen LogP contribution in [0.25, 0.3) is 11.6 Å². The molecule has 0 aliphatic heterocycles. The summed E-state index contributed by atoms with van der Waals surface area (Å²) in [6.07, 6.45) is 3.04. The maximum atomic E-state index is 13.1. The highest BCUT2D eigenvalue weighted by molar-refractivity contribution is 7.92. The second-order valence-corrected chi connectivity index (χ2v) is 8.16. The van der Waals surface area contributed by atoms with Crippen LogP contribution in [0.5, 0.6) is 23.1 Å². The van der Waals surface area contributed by atoms with Crippen LogP contribution in [0.1, 0.15) is 0 Å². The zero-order valence-corrected chi connectivity index (χ0v) is 18.5. The van der Waals surface area contributed by atoms with Crippen LogP contribution in [-0.4, -0.2) is 42.6 Å². The van der Waals surface area contributed by atoms with Gasteiger partial charge in [-0.25, -0.2) is 23.4 Å². The molecule has 33 heavy (non-hydrogen) atoms. The van der Waals surface area contributed by atoms with Gasteiger partial charge in [0.25, 0.3) is 15.9 Å². The lowest BCUT2D eigenvalue weighted by atomic mass is 10.3. The van der Waals surface area contributed by atoms with Crippen molar-refractivity contribution in [1.82, 2.24) is 19.9 Å². The van der Waals surface area contributed by atoms with Crippen LogP contribution in [0.4, 0.5) is 5.82 Å². The number of hydrogen-bond acceptors (Lipinski definition) is 9. The number of nitrogens with one attached hydrogen (secondary N) is 1. The first kappa shape index (κ1) is 22.0. The molecule has 2 aromatic heterocycles. The summed E-state index contributed by atoms with van der Waals surface area (Å²) in [5, 5.41) is 0. The Morgan fingerprint density at radius 2 is 1.42 bits per heavy atom. The van der Waals surface area contributed by atoms with Gasteiger partial charge in [0.1, 0.15) is 0 Å². The molecule has 0 bridgehead atoms. The summed E-state index contributed by atoms with van der Waals surface area (Å²) >= 11 is 0. The molecule has 11 heteroatoms. The minimum atomic E-state index is -4.02. The molecule has 0 spiro atoms. The molecule has 0 amide bonds. The molecule has 10 nitrogen and oxygen atoms in total. The molecule has 4 aromatic rings. The van der Waals surface area contributed by atoms with E-state index < -0.39 is 10.0 Å². The van der Waals surface area contributed by atoms with Gasteiger partial charge in [-0.15, -0.1) is 0 Å². The van der Waals surface area contributed by atoms with Crippen molar-refractivity contribution in [3.63, 3.8) is 0 Å². The van der Waals surface area contributed by atoms with Gasteiger partial charge in [0.2, 0.25) is 11.6 Å². The first-order valence-electron chi connectivity index (χ1n) is 9.64. The van der Waals surface area contributed by atoms with E-state index in [1.807, 2.05) is 0 Å². The minimum Gasteiger partial charge on any atom is -0.493 e. The predicted octanol–water partition coefficient (Wildman–Crippen LogP) is 3.54. The van der Waals surface area contributed by atoms with Gasteiger partial charge < -0.3 is 14.2 Å². The van der Waals surface area contributed by atoms with Gasteiger partial charge in [0.15, 0.2) is 23.1 Å². The number of rotatable bonds is 8. The second kappa shape index (κ2) is 9.49. The molecule has 0 unspecified atom stereocenters. The third kappa shape index (κ3) is 4.83. The van der Waals surface area contributed by atoms with E-state index in [2.05, 4.69) is 24.7 Å². The molecule has 2 aromatic carbocycles. The third-order valence-electron chi connectivity index (χ3n) is 4.36. The van der Waals surface area contributed by atoms with Crippen LogP contribution in [0.2, 0.25) is 0 Å². The molecule has 4 rings (SSSR count). The number of benzene rings is 2. The van der Waals surface area contributed by atoms with Gasteiger partial charge in [-0.3, -0.25) is 4.72 Å². The zero-order valence-electron chi connectivity index (χ0n) is 17.7. The topological polar surface area (TPSA) is 125 Å². The number of anilines is 1. The van der Waals surface area contributed by atoms with Gasteiger partial charge in [0, 0.05) is 12.4 Å². The molecule has 0 atom stereocenters. The third-order valence-corrected chi connectivity index (χ3v) is 5.71. The summed E-state index contributed by atoms with van der Waals surface area (Å²) in [5.74, 6) is 0.729. The first-order chi connectivity index (χ1) is 16.0. The lowest BCUT2D eigenvalue weighted by Gasteiger charge is -2.17. The standard InChI is InChI=1S/C22H19N5O5S/c1-30-16-11-6-7-12-17(16)32-18-19(27-33(28,29)15-9-4-3-5-10-15)25-21(26-22(18)31-2)20-23-13-8-14-24-20/h3-14H,1-2H3,(H,25,26,27).